The zero-order chi connectivity index (χ0) is 13.1. The van der Waals surface area contributed by atoms with E-state index in [1.807, 2.05) is 6.92 Å². The summed E-state index contributed by atoms with van der Waals surface area (Å²) in [6.45, 7) is 1.81. The van der Waals surface area contributed by atoms with Crippen LogP contribution in [0.15, 0.2) is 29.4 Å². The van der Waals surface area contributed by atoms with Crippen LogP contribution in [0.1, 0.15) is 12.7 Å². The largest absolute Gasteiger partial charge is 1.00 e. The van der Waals surface area contributed by atoms with Crippen molar-refractivity contribution in [3.8, 4) is 11.6 Å². The maximum Gasteiger partial charge on any atom is 1.00 e. The normalized spacial score (nSPS) is 10.5. The molecular weight excluding hydrogens is 277 g/mol. The maximum absolute atomic E-state index is 8.64. The smallest absolute Gasteiger partial charge is 1.00 e. The standard InChI is InChI=1S/C12H12ClN3O2.Na.H/c1-8-11(7-14-17)12(16(2)15-8)18-10-5-3-9(13)4-6-10;;/h3-7,17H,1-2H3;;/q;+1;-1/b14-7+;;. The van der Waals surface area contributed by atoms with Crippen molar-refractivity contribution in [1.82, 2.24) is 9.78 Å². The predicted octanol–water partition coefficient (Wildman–Crippen LogP) is 0.0988. The van der Waals surface area contributed by atoms with Crippen LogP contribution in [0.4, 0.5) is 0 Å². The van der Waals surface area contributed by atoms with E-state index >= 15 is 0 Å². The van der Waals surface area contributed by atoms with Gasteiger partial charge in [-0.25, -0.2) is 4.68 Å². The molecule has 0 unspecified atom stereocenters. The van der Waals surface area contributed by atoms with Gasteiger partial charge in [0, 0.05) is 12.1 Å². The molecule has 0 atom stereocenters. The number of hydrogen-bond donors (Lipinski definition) is 1. The van der Waals surface area contributed by atoms with Crippen molar-refractivity contribution in [3.05, 3.63) is 40.5 Å². The minimum Gasteiger partial charge on any atom is -1.00 e. The number of ether oxygens (including phenoxy) is 1. The summed E-state index contributed by atoms with van der Waals surface area (Å²) in [4.78, 5) is 0. The van der Waals surface area contributed by atoms with E-state index in [2.05, 4.69) is 10.3 Å². The Bertz CT molecular complexity index is 587. The molecule has 0 bridgehead atoms. The Balaban J connectivity index is 0.00000180. The summed E-state index contributed by atoms with van der Waals surface area (Å²) >= 11 is 5.80. The van der Waals surface area contributed by atoms with Crippen molar-refractivity contribution in [1.29, 1.82) is 0 Å². The Hall–Kier alpha value is -1.01. The van der Waals surface area contributed by atoms with Crippen LogP contribution in [0.3, 0.4) is 0 Å². The van der Waals surface area contributed by atoms with E-state index in [1.165, 1.54) is 6.21 Å². The summed E-state index contributed by atoms with van der Waals surface area (Å²) < 4.78 is 7.29. The van der Waals surface area contributed by atoms with Crippen LogP contribution in [-0.4, -0.2) is 21.2 Å². The first kappa shape index (κ1) is 16.0. The second-order valence-corrected chi connectivity index (χ2v) is 4.16. The average molecular weight is 290 g/mol. The van der Waals surface area contributed by atoms with Gasteiger partial charge in [-0.15, -0.1) is 0 Å². The molecule has 0 radical (unpaired) electrons. The Morgan fingerprint density at radius 2 is 2.05 bits per heavy atom. The first-order valence-electron chi connectivity index (χ1n) is 5.26. The van der Waals surface area contributed by atoms with Crippen molar-refractivity contribution in [2.75, 3.05) is 0 Å². The van der Waals surface area contributed by atoms with Crippen molar-refractivity contribution >= 4 is 17.8 Å². The predicted molar refractivity (Wildman–Crippen MR) is 70.0 cm³/mol. The van der Waals surface area contributed by atoms with Gasteiger partial charge in [-0.05, 0) is 31.2 Å². The molecule has 0 saturated carbocycles. The quantitative estimate of drug-likeness (QED) is 0.377. The molecule has 2 rings (SSSR count). The molecule has 1 heterocycles. The topological polar surface area (TPSA) is 59.6 Å². The van der Waals surface area contributed by atoms with Gasteiger partial charge in [-0.1, -0.05) is 16.8 Å². The van der Waals surface area contributed by atoms with Crippen LogP contribution in [0, 0.1) is 6.92 Å². The van der Waals surface area contributed by atoms with Crippen molar-refractivity contribution in [3.63, 3.8) is 0 Å². The third-order valence-corrected chi connectivity index (χ3v) is 2.68. The van der Waals surface area contributed by atoms with Crippen LogP contribution in [0.25, 0.3) is 0 Å². The molecule has 0 saturated heterocycles. The molecule has 7 heteroatoms. The average Bonchev–Trinajstić information content (AvgIpc) is 2.59. The molecule has 0 aliphatic rings. The molecular formula is C12H13ClN3NaO2. The van der Waals surface area contributed by atoms with E-state index in [9.17, 15) is 0 Å². The van der Waals surface area contributed by atoms with E-state index in [0.717, 1.165) is 5.69 Å². The number of hydrogen-bond acceptors (Lipinski definition) is 4. The molecule has 19 heavy (non-hydrogen) atoms. The van der Waals surface area contributed by atoms with Crippen LogP contribution in [0.5, 0.6) is 11.6 Å². The molecule has 0 spiro atoms. The van der Waals surface area contributed by atoms with Gasteiger partial charge in [0.1, 0.15) is 5.75 Å². The Labute approximate surface area is 139 Å². The van der Waals surface area contributed by atoms with Gasteiger partial charge >= 0.3 is 29.6 Å². The molecule has 0 fully saturated rings. The Morgan fingerprint density at radius 3 is 2.63 bits per heavy atom. The van der Waals surface area contributed by atoms with Gasteiger partial charge in [0.05, 0.1) is 17.5 Å². The molecule has 96 valence electrons. The molecule has 5 nitrogen and oxygen atoms in total. The summed E-state index contributed by atoms with van der Waals surface area (Å²) in [5.74, 6) is 1.14. The summed E-state index contributed by atoms with van der Waals surface area (Å²) in [7, 11) is 1.76. The zero-order valence-electron chi connectivity index (χ0n) is 12.0. The fraction of sp³-hybridized carbons (Fsp3) is 0.167. The number of oxime groups is 1. The number of aryl methyl sites for hydroxylation is 2. The summed E-state index contributed by atoms with van der Waals surface area (Å²) in [5.41, 5.74) is 1.36. The molecule has 0 amide bonds. The Kier molecular flexibility index (Phi) is 5.87. The third kappa shape index (κ3) is 3.73. The molecule has 1 aromatic carbocycles. The minimum absolute atomic E-state index is 0. The van der Waals surface area contributed by atoms with Gasteiger partial charge in [-0.3, -0.25) is 0 Å². The number of halogens is 1. The van der Waals surface area contributed by atoms with Gasteiger partial charge < -0.3 is 11.4 Å². The van der Waals surface area contributed by atoms with E-state index in [0.29, 0.717) is 22.2 Å². The molecule has 0 aliphatic carbocycles. The fourth-order valence-electron chi connectivity index (χ4n) is 1.60. The van der Waals surface area contributed by atoms with E-state index in [1.54, 1.807) is 36.0 Å². The van der Waals surface area contributed by atoms with Crippen LogP contribution >= 0.6 is 11.6 Å². The van der Waals surface area contributed by atoms with Gasteiger partial charge in [-0.2, -0.15) is 5.10 Å². The summed E-state index contributed by atoms with van der Waals surface area (Å²) in [6.07, 6.45) is 1.30. The maximum atomic E-state index is 8.64. The van der Waals surface area contributed by atoms with Gasteiger partial charge in [0.25, 0.3) is 0 Å². The van der Waals surface area contributed by atoms with Gasteiger partial charge in [0.2, 0.25) is 5.88 Å². The molecule has 1 aromatic heterocycles. The summed E-state index contributed by atoms with van der Waals surface area (Å²) in [6, 6.07) is 6.98. The van der Waals surface area contributed by atoms with Crippen LogP contribution in [-0.2, 0) is 7.05 Å². The van der Waals surface area contributed by atoms with Crippen LogP contribution < -0.4 is 34.3 Å². The Morgan fingerprint density at radius 1 is 1.42 bits per heavy atom. The van der Waals surface area contributed by atoms with Crippen LogP contribution in [0.2, 0.25) is 5.02 Å². The first-order valence-corrected chi connectivity index (χ1v) is 5.64. The second kappa shape index (κ2) is 6.96. The monoisotopic (exact) mass is 289 g/mol. The molecule has 1 N–H and O–H groups in total. The number of nitrogens with zero attached hydrogens (tertiary/aromatic N) is 3. The molecule has 0 aliphatic heterocycles. The number of aromatic nitrogens is 2. The minimum atomic E-state index is 0. The number of benzene rings is 1. The van der Waals surface area contributed by atoms with E-state index < -0.39 is 0 Å². The third-order valence-electron chi connectivity index (χ3n) is 2.43. The zero-order valence-corrected chi connectivity index (χ0v) is 13.7. The first-order chi connectivity index (χ1) is 8.61. The molecule has 2 aromatic rings. The van der Waals surface area contributed by atoms with E-state index in [-0.39, 0.29) is 31.0 Å². The number of rotatable bonds is 3. The second-order valence-electron chi connectivity index (χ2n) is 3.73. The van der Waals surface area contributed by atoms with Crippen molar-refractivity contribution < 1.29 is 40.9 Å². The van der Waals surface area contributed by atoms with Gasteiger partial charge in [0.15, 0.2) is 0 Å². The summed E-state index contributed by atoms with van der Waals surface area (Å²) in [5, 5.41) is 16.5. The van der Waals surface area contributed by atoms with E-state index in [4.69, 9.17) is 21.5 Å². The fourth-order valence-corrected chi connectivity index (χ4v) is 1.72. The SMILES string of the molecule is Cc1nn(C)c(Oc2ccc(Cl)cc2)c1/C=N/O.[H-].[Na+]. The van der Waals surface area contributed by atoms with Crippen molar-refractivity contribution in [2.24, 2.45) is 12.2 Å². The van der Waals surface area contributed by atoms with Crippen molar-refractivity contribution in [2.45, 2.75) is 6.92 Å².